The van der Waals surface area contributed by atoms with Crippen molar-refractivity contribution >= 4 is 28.3 Å². The van der Waals surface area contributed by atoms with Crippen LogP contribution in [0.4, 0.5) is 5.13 Å². The van der Waals surface area contributed by atoms with Crippen molar-refractivity contribution in [3.63, 3.8) is 0 Å². The molecule has 0 fully saturated rings. The number of aromatic nitrogens is 2. The predicted molar refractivity (Wildman–Crippen MR) is 64.1 cm³/mol. The van der Waals surface area contributed by atoms with Gasteiger partial charge in [0.1, 0.15) is 12.4 Å². The number of nitrogens with two attached hydrogens (primary N) is 1. The molecular formula is C11H9N3OS. The average molecular weight is 231 g/mol. The minimum Gasteiger partial charge on any atom is -0.488 e. The maximum absolute atomic E-state index is 5.62. The zero-order chi connectivity index (χ0) is 11.0. The summed E-state index contributed by atoms with van der Waals surface area (Å²) in [5.41, 5.74) is 7.57. The van der Waals surface area contributed by atoms with Gasteiger partial charge in [0.2, 0.25) is 0 Å². The molecule has 1 aromatic carbocycles. The van der Waals surface area contributed by atoms with Gasteiger partial charge in [0.25, 0.3) is 0 Å². The van der Waals surface area contributed by atoms with Crippen molar-refractivity contribution in [3.05, 3.63) is 35.7 Å². The van der Waals surface area contributed by atoms with Crippen LogP contribution in [0, 0.1) is 0 Å². The molecular weight excluding hydrogens is 222 g/mol. The summed E-state index contributed by atoms with van der Waals surface area (Å²) in [5, 5.41) is 0.481. The van der Waals surface area contributed by atoms with Crippen LogP contribution >= 0.6 is 11.5 Å². The highest BCUT2D eigenvalue weighted by molar-refractivity contribution is 7.09. The Morgan fingerprint density at radius 2 is 2.19 bits per heavy atom. The molecule has 2 aromatic rings. The summed E-state index contributed by atoms with van der Waals surface area (Å²) in [4.78, 5) is 4.14. The molecule has 3 rings (SSSR count). The molecule has 0 spiro atoms. The molecule has 16 heavy (non-hydrogen) atoms. The Balaban J connectivity index is 2.03. The van der Waals surface area contributed by atoms with Gasteiger partial charge >= 0.3 is 0 Å². The Morgan fingerprint density at radius 3 is 3.00 bits per heavy atom. The van der Waals surface area contributed by atoms with Crippen LogP contribution in [0.5, 0.6) is 5.75 Å². The lowest BCUT2D eigenvalue weighted by Crippen LogP contribution is -2.07. The molecule has 2 N–H and O–H groups in total. The smallest absolute Gasteiger partial charge is 0.200 e. The number of para-hydroxylation sites is 1. The van der Waals surface area contributed by atoms with Crippen LogP contribution in [-0.2, 0) is 0 Å². The molecule has 5 heteroatoms. The van der Waals surface area contributed by atoms with E-state index in [2.05, 4.69) is 9.36 Å². The number of hydrogen-bond acceptors (Lipinski definition) is 5. The van der Waals surface area contributed by atoms with Crippen LogP contribution in [0.25, 0.3) is 11.6 Å². The van der Waals surface area contributed by atoms with Gasteiger partial charge in [-0.15, -0.1) is 0 Å². The lowest BCUT2D eigenvalue weighted by Gasteiger charge is -2.15. The lowest BCUT2D eigenvalue weighted by atomic mass is 10.1. The average Bonchev–Trinajstić information content (AvgIpc) is 2.75. The number of fused-ring (bicyclic) bond motifs is 1. The second-order valence-electron chi connectivity index (χ2n) is 3.45. The van der Waals surface area contributed by atoms with Gasteiger partial charge in [0.05, 0.1) is 0 Å². The fraction of sp³-hybridized carbons (Fsp3) is 0.0909. The summed E-state index contributed by atoms with van der Waals surface area (Å²) in [5.74, 6) is 1.56. The lowest BCUT2D eigenvalue weighted by molar-refractivity contribution is 0.365. The second-order valence-corrected chi connectivity index (χ2v) is 4.24. The minimum absolute atomic E-state index is 0.481. The van der Waals surface area contributed by atoms with E-state index in [0.717, 1.165) is 16.9 Å². The fourth-order valence-electron chi connectivity index (χ4n) is 1.61. The number of anilines is 1. The highest BCUT2D eigenvalue weighted by atomic mass is 32.1. The summed E-state index contributed by atoms with van der Waals surface area (Å²) in [6.45, 7) is 0.493. The third-order valence-corrected chi connectivity index (χ3v) is 2.90. The van der Waals surface area contributed by atoms with Crippen LogP contribution < -0.4 is 10.5 Å². The van der Waals surface area contributed by atoms with E-state index in [0.29, 0.717) is 17.6 Å². The van der Waals surface area contributed by atoms with Crippen LogP contribution in [0.3, 0.4) is 0 Å². The van der Waals surface area contributed by atoms with Crippen LogP contribution in [-0.4, -0.2) is 16.0 Å². The van der Waals surface area contributed by atoms with Gasteiger partial charge in [-0.25, -0.2) is 0 Å². The van der Waals surface area contributed by atoms with E-state index in [1.165, 1.54) is 11.5 Å². The zero-order valence-corrected chi connectivity index (χ0v) is 9.20. The number of nitrogens with zero attached hydrogens (tertiary/aromatic N) is 2. The standard InChI is InChI=1S/C11H9N3OS/c12-11-13-10(14-16-11)8-5-7-3-1-2-4-9(7)15-6-8/h1-5H,6H2,(H2,12,13,14). The quantitative estimate of drug-likeness (QED) is 0.816. The molecule has 0 saturated heterocycles. The molecule has 0 unspecified atom stereocenters. The Kier molecular flexibility index (Phi) is 2.11. The first-order chi connectivity index (χ1) is 7.83. The van der Waals surface area contributed by atoms with E-state index < -0.39 is 0 Å². The highest BCUT2D eigenvalue weighted by Gasteiger charge is 2.15. The summed E-state index contributed by atoms with van der Waals surface area (Å²) in [6.07, 6.45) is 2.04. The zero-order valence-electron chi connectivity index (χ0n) is 8.38. The van der Waals surface area contributed by atoms with Gasteiger partial charge in [-0.3, -0.25) is 0 Å². The van der Waals surface area contributed by atoms with Crippen molar-refractivity contribution in [1.82, 2.24) is 9.36 Å². The van der Waals surface area contributed by atoms with Crippen molar-refractivity contribution in [2.75, 3.05) is 12.3 Å². The van der Waals surface area contributed by atoms with E-state index in [-0.39, 0.29) is 0 Å². The van der Waals surface area contributed by atoms with E-state index in [9.17, 15) is 0 Å². The van der Waals surface area contributed by atoms with Crippen LogP contribution in [0.1, 0.15) is 11.4 Å². The molecule has 0 amide bonds. The molecule has 0 saturated carbocycles. The van der Waals surface area contributed by atoms with Gasteiger partial charge < -0.3 is 10.5 Å². The Labute approximate surface area is 96.6 Å². The van der Waals surface area contributed by atoms with Gasteiger partial charge in [-0.2, -0.15) is 9.36 Å². The molecule has 0 aliphatic carbocycles. The fourth-order valence-corrected chi connectivity index (χ4v) is 2.08. The van der Waals surface area contributed by atoms with E-state index in [1.54, 1.807) is 0 Å². The molecule has 0 radical (unpaired) electrons. The molecule has 1 aliphatic rings. The third kappa shape index (κ3) is 1.55. The Bertz CT molecular complexity index is 562. The third-order valence-electron chi connectivity index (χ3n) is 2.36. The van der Waals surface area contributed by atoms with Crippen molar-refractivity contribution in [2.45, 2.75) is 0 Å². The number of benzene rings is 1. The first-order valence-electron chi connectivity index (χ1n) is 4.85. The molecule has 1 aromatic heterocycles. The van der Waals surface area contributed by atoms with Crippen molar-refractivity contribution in [2.24, 2.45) is 0 Å². The van der Waals surface area contributed by atoms with Crippen molar-refractivity contribution in [3.8, 4) is 5.75 Å². The summed E-state index contributed by atoms with van der Waals surface area (Å²) >= 11 is 1.20. The summed E-state index contributed by atoms with van der Waals surface area (Å²) < 4.78 is 9.78. The van der Waals surface area contributed by atoms with Gasteiger partial charge in [0.15, 0.2) is 11.0 Å². The van der Waals surface area contributed by atoms with Gasteiger partial charge in [0, 0.05) is 22.7 Å². The molecule has 80 valence electrons. The monoisotopic (exact) mass is 231 g/mol. The number of ether oxygens (including phenoxy) is 1. The summed E-state index contributed by atoms with van der Waals surface area (Å²) in [7, 11) is 0. The second kappa shape index (κ2) is 3.61. The number of rotatable bonds is 1. The Hall–Kier alpha value is -1.88. The van der Waals surface area contributed by atoms with Crippen molar-refractivity contribution < 1.29 is 4.74 Å². The normalized spacial score (nSPS) is 13.9. The topological polar surface area (TPSA) is 61.0 Å². The van der Waals surface area contributed by atoms with E-state index in [1.807, 2.05) is 30.3 Å². The molecule has 0 bridgehead atoms. The first-order valence-corrected chi connectivity index (χ1v) is 5.62. The first kappa shape index (κ1) is 9.35. The summed E-state index contributed by atoms with van der Waals surface area (Å²) in [6, 6.07) is 7.89. The molecule has 2 heterocycles. The number of nitrogen functional groups attached to an aromatic ring is 1. The Morgan fingerprint density at radius 1 is 1.31 bits per heavy atom. The molecule has 4 nitrogen and oxygen atoms in total. The van der Waals surface area contributed by atoms with E-state index in [4.69, 9.17) is 10.5 Å². The van der Waals surface area contributed by atoms with Gasteiger partial charge in [-0.05, 0) is 12.1 Å². The SMILES string of the molecule is Nc1nc(C2=Cc3ccccc3OC2)ns1. The number of hydrogen-bond donors (Lipinski definition) is 1. The molecule has 1 aliphatic heterocycles. The minimum atomic E-state index is 0.481. The van der Waals surface area contributed by atoms with Crippen molar-refractivity contribution in [1.29, 1.82) is 0 Å². The van der Waals surface area contributed by atoms with Gasteiger partial charge in [-0.1, -0.05) is 18.2 Å². The largest absolute Gasteiger partial charge is 0.488 e. The van der Waals surface area contributed by atoms with E-state index >= 15 is 0 Å². The molecule has 0 atom stereocenters. The maximum atomic E-state index is 5.62. The predicted octanol–water partition coefficient (Wildman–Crippen LogP) is 2.05. The van der Waals surface area contributed by atoms with Crippen LogP contribution in [0.2, 0.25) is 0 Å². The highest BCUT2D eigenvalue weighted by Crippen LogP contribution is 2.29. The maximum Gasteiger partial charge on any atom is 0.200 e. The van der Waals surface area contributed by atoms with Crippen LogP contribution in [0.15, 0.2) is 24.3 Å².